The molecule has 1 aromatic rings. The smallest absolute Gasteiger partial charge is 0.244 e. The predicted molar refractivity (Wildman–Crippen MR) is 78.1 cm³/mol. The first-order valence-electron chi connectivity index (χ1n) is 6.82. The summed E-state index contributed by atoms with van der Waals surface area (Å²) < 4.78 is 0. The molecule has 1 heterocycles. The Labute approximate surface area is 115 Å². The maximum absolute atomic E-state index is 12.2. The fraction of sp³-hybridized carbons (Fsp3) is 0.533. The second-order valence-corrected chi connectivity index (χ2v) is 5.41. The lowest BCUT2D eigenvalue weighted by atomic mass is 10.1. The molecule has 1 amide bonds. The highest BCUT2D eigenvalue weighted by atomic mass is 16.2. The molecular weight excluding hydrogens is 238 g/mol. The number of rotatable bonds is 3. The highest BCUT2D eigenvalue weighted by Crippen LogP contribution is 2.29. The minimum absolute atomic E-state index is 0.0163. The third-order valence-electron chi connectivity index (χ3n) is 3.78. The molecule has 0 saturated carbocycles. The Kier molecular flexibility index (Phi) is 4.10. The van der Waals surface area contributed by atoms with Crippen LogP contribution in [0.4, 0.5) is 5.69 Å². The van der Waals surface area contributed by atoms with Gasteiger partial charge >= 0.3 is 0 Å². The summed E-state index contributed by atoms with van der Waals surface area (Å²) in [5.74, 6) is 0.194. The van der Waals surface area contributed by atoms with Crippen molar-refractivity contribution in [3.63, 3.8) is 0 Å². The molecule has 1 fully saturated rings. The lowest BCUT2D eigenvalue weighted by molar-refractivity contribution is -0.129. The van der Waals surface area contributed by atoms with Crippen molar-refractivity contribution in [2.75, 3.05) is 25.5 Å². The zero-order chi connectivity index (χ0) is 14.0. The number of nitrogens with two attached hydrogens (primary N) is 1. The van der Waals surface area contributed by atoms with E-state index in [-0.39, 0.29) is 11.9 Å². The number of carbonyl (C=O) groups is 1. The van der Waals surface area contributed by atoms with Crippen molar-refractivity contribution in [2.24, 2.45) is 5.73 Å². The molecule has 0 bridgehead atoms. The first-order valence-corrected chi connectivity index (χ1v) is 6.82. The molecule has 0 aliphatic carbocycles. The molecular formula is C15H23N3O. The number of carbonyl (C=O) groups excluding carboxylic acids is 1. The minimum Gasteiger partial charge on any atom is -0.359 e. The molecule has 1 unspecified atom stereocenters. The van der Waals surface area contributed by atoms with E-state index in [0.29, 0.717) is 6.54 Å². The van der Waals surface area contributed by atoms with Gasteiger partial charge in [0, 0.05) is 32.9 Å². The molecule has 1 aliphatic rings. The van der Waals surface area contributed by atoms with Gasteiger partial charge in [0.25, 0.3) is 0 Å². The van der Waals surface area contributed by atoms with Crippen molar-refractivity contribution in [3.8, 4) is 0 Å². The average Bonchev–Trinajstić information content (AvgIpc) is 2.86. The molecule has 4 nitrogen and oxygen atoms in total. The van der Waals surface area contributed by atoms with Crippen molar-refractivity contribution in [2.45, 2.75) is 32.4 Å². The quantitative estimate of drug-likeness (QED) is 0.897. The summed E-state index contributed by atoms with van der Waals surface area (Å²) in [6, 6.07) is 6.25. The molecule has 1 aromatic carbocycles. The Bertz CT molecular complexity index is 470. The van der Waals surface area contributed by atoms with Crippen molar-refractivity contribution >= 4 is 11.6 Å². The van der Waals surface area contributed by atoms with Crippen LogP contribution in [0.3, 0.4) is 0 Å². The number of hydrogen-bond donors (Lipinski definition) is 1. The second-order valence-electron chi connectivity index (χ2n) is 5.41. The summed E-state index contributed by atoms with van der Waals surface area (Å²) in [5.41, 5.74) is 9.16. The molecule has 1 saturated heterocycles. The summed E-state index contributed by atoms with van der Waals surface area (Å²) in [4.78, 5) is 16.1. The first kappa shape index (κ1) is 13.9. The van der Waals surface area contributed by atoms with E-state index in [1.165, 1.54) is 5.56 Å². The van der Waals surface area contributed by atoms with Crippen LogP contribution in [-0.4, -0.2) is 37.5 Å². The van der Waals surface area contributed by atoms with Crippen LogP contribution in [0.25, 0.3) is 0 Å². The summed E-state index contributed by atoms with van der Waals surface area (Å²) in [6.45, 7) is 3.60. The first-order chi connectivity index (χ1) is 9.04. The predicted octanol–water partition coefficient (Wildman–Crippen LogP) is 1.51. The van der Waals surface area contributed by atoms with Crippen LogP contribution >= 0.6 is 0 Å². The lowest BCUT2D eigenvalue weighted by Gasteiger charge is -2.29. The Morgan fingerprint density at radius 2 is 2.21 bits per heavy atom. The lowest BCUT2D eigenvalue weighted by Crippen LogP contribution is -2.43. The fourth-order valence-electron chi connectivity index (χ4n) is 2.78. The summed E-state index contributed by atoms with van der Waals surface area (Å²) in [5, 5.41) is 0. The van der Waals surface area contributed by atoms with Crippen LogP contribution in [0.1, 0.15) is 24.0 Å². The topological polar surface area (TPSA) is 49.6 Å². The van der Waals surface area contributed by atoms with E-state index in [9.17, 15) is 4.79 Å². The van der Waals surface area contributed by atoms with Crippen molar-refractivity contribution in [1.29, 1.82) is 0 Å². The van der Waals surface area contributed by atoms with Gasteiger partial charge in [0.2, 0.25) is 5.91 Å². The van der Waals surface area contributed by atoms with Crippen LogP contribution < -0.4 is 10.6 Å². The third kappa shape index (κ3) is 2.73. The molecule has 19 heavy (non-hydrogen) atoms. The number of amides is 1. The van der Waals surface area contributed by atoms with Gasteiger partial charge < -0.3 is 15.5 Å². The Balaban J connectivity index is 2.27. The van der Waals surface area contributed by atoms with Crippen LogP contribution in [0.15, 0.2) is 18.2 Å². The summed E-state index contributed by atoms with van der Waals surface area (Å²) in [6.07, 6.45) is 2.01. The van der Waals surface area contributed by atoms with E-state index in [0.717, 1.165) is 30.6 Å². The maximum Gasteiger partial charge on any atom is 0.244 e. The molecule has 0 spiro atoms. The molecule has 2 N–H and O–H groups in total. The molecule has 1 atom stereocenters. The van der Waals surface area contributed by atoms with Gasteiger partial charge in [-0.25, -0.2) is 0 Å². The van der Waals surface area contributed by atoms with Gasteiger partial charge in [0.1, 0.15) is 6.04 Å². The number of hydrogen-bond acceptors (Lipinski definition) is 3. The van der Waals surface area contributed by atoms with Gasteiger partial charge in [-0.3, -0.25) is 4.79 Å². The zero-order valence-electron chi connectivity index (χ0n) is 12.0. The van der Waals surface area contributed by atoms with Crippen molar-refractivity contribution in [1.82, 2.24) is 4.90 Å². The van der Waals surface area contributed by atoms with E-state index in [4.69, 9.17) is 5.73 Å². The Hall–Kier alpha value is -1.55. The van der Waals surface area contributed by atoms with E-state index < -0.39 is 0 Å². The molecule has 4 heteroatoms. The minimum atomic E-state index is -0.0163. The third-order valence-corrected chi connectivity index (χ3v) is 3.78. The maximum atomic E-state index is 12.2. The molecule has 0 radical (unpaired) electrons. The van der Waals surface area contributed by atoms with E-state index in [2.05, 4.69) is 30.0 Å². The molecule has 1 aliphatic heterocycles. The summed E-state index contributed by atoms with van der Waals surface area (Å²) in [7, 11) is 3.65. The number of aryl methyl sites for hydroxylation is 1. The summed E-state index contributed by atoms with van der Waals surface area (Å²) >= 11 is 0. The Morgan fingerprint density at radius 3 is 2.79 bits per heavy atom. The largest absolute Gasteiger partial charge is 0.359 e. The fourth-order valence-corrected chi connectivity index (χ4v) is 2.78. The van der Waals surface area contributed by atoms with Gasteiger partial charge in [0.15, 0.2) is 0 Å². The van der Waals surface area contributed by atoms with Gasteiger partial charge in [0.05, 0.1) is 0 Å². The van der Waals surface area contributed by atoms with Gasteiger partial charge in [-0.1, -0.05) is 12.1 Å². The monoisotopic (exact) mass is 261 g/mol. The van der Waals surface area contributed by atoms with Crippen LogP contribution in [0, 0.1) is 6.92 Å². The number of benzene rings is 1. The van der Waals surface area contributed by atoms with Crippen LogP contribution in [0.5, 0.6) is 0 Å². The van der Waals surface area contributed by atoms with Crippen molar-refractivity contribution < 1.29 is 4.79 Å². The number of likely N-dealkylation sites (N-methyl/N-ethyl adjacent to an activating group) is 1. The van der Waals surface area contributed by atoms with Crippen LogP contribution in [-0.2, 0) is 11.3 Å². The van der Waals surface area contributed by atoms with Gasteiger partial charge in [-0.2, -0.15) is 0 Å². The van der Waals surface area contributed by atoms with E-state index in [1.54, 1.807) is 4.90 Å². The van der Waals surface area contributed by atoms with E-state index >= 15 is 0 Å². The van der Waals surface area contributed by atoms with E-state index in [1.807, 2.05) is 14.1 Å². The Morgan fingerprint density at radius 1 is 1.47 bits per heavy atom. The van der Waals surface area contributed by atoms with Gasteiger partial charge in [-0.15, -0.1) is 0 Å². The molecule has 0 aromatic heterocycles. The zero-order valence-corrected chi connectivity index (χ0v) is 12.0. The SMILES string of the molecule is Cc1cc(CN)ccc1N1CCCC1C(=O)N(C)C. The highest BCUT2D eigenvalue weighted by Gasteiger charge is 2.32. The second kappa shape index (κ2) is 5.61. The van der Waals surface area contributed by atoms with Gasteiger partial charge in [-0.05, 0) is 37.0 Å². The normalized spacial score (nSPS) is 18.7. The molecule has 104 valence electrons. The average molecular weight is 261 g/mol. The van der Waals surface area contributed by atoms with Crippen LogP contribution in [0.2, 0.25) is 0 Å². The van der Waals surface area contributed by atoms with Crippen molar-refractivity contribution in [3.05, 3.63) is 29.3 Å². The standard InChI is InChI=1S/C15H23N3O/c1-11-9-12(10-16)6-7-13(11)18-8-4-5-14(18)15(19)17(2)3/h6-7,9,14H,4-5,8,10,16H2,1-3H3. The number of anilines is 1. The number of nitrogens with zero attached hydrogens (tertiary/aromatic N) is 2. The molecule has 2 rings (SSSR count). The highest BCUT2D eigenvalue weighted by molar-refractivity contribution is 5.85.